The van der Waals surface area contributed by atoms with Crippen molar-refractivity contribution < 1.29 is 14.6 Å². The molecule has 1 fully saturated rings. The van der Waals surface area contributed by atoms with Crippen LogP contribution in [0.15, 0.2) is 60.7 Å². The van der Waals surface area contributed by atoms with Gasteiger partial charge in [0.15, 0.2) is 0 Å². The maximum atomic E-state index is 11.8. The minimum absolute atomic E-state index is 0.00121. The van der Waals surface area contributed by atoms with Crippen LogP contribution < -0.4 is 4.74 Å². The number of para-hydroxylation sites is 1. The van der Waals surface area contributed by atoms with Gasteiger partial charge in [0.05, 0.1) is 18.7 Å². The van der Waals surface area contributed by atoms with E-state index in [0.717, 1.165) is 27.9 Å². The first kappa shape index (κ1) is 17.5. The van der Waals surface area contributed by atoms with Gasteiger partial charge in [0.2, 0.25) is 0 Å². The third kappa shape index (κ3) is 3.51. The zero-order chi connectivity index (χ0) is 18.8. The lowest BCUT2D eigenvalue weighted by molar-refractivity contribution is -0.141. The van der Waals surface area contributed by atoms with Crippen molar-refractivity contribution in [2.75, 3.05) is 20.2 Å². The number of ether oxygens (including phenoxy) is 1. The summed E-state index contributed by atoms with van der Waals surface area (Å²) in [4.78, 5) is 18.7. The molecular weight excluding hydrogens is 340 g/mol. The minimum atomic E-state index is -0.737. The highest BCUT2D eigenvalue weighted by atomic mass is 16.5. The Morgan fingerprint density at radius 3 is 2.67 bits per heavy atom. The molecule has 1 aliphatic rings. The molecule has 1 saturated heterocycles. The number of carboxylic acid groups (broad SMARTS) is 1. The van der Waals surface area contributed by atoms with Gasteiger partial charge in [-0.2, -0.15) is 0 Å². The molecule has 0 amide bonds. The summed E-state index contributed by atoms with van der Waals surface area (Å²) >= 11 is 0. The molecule has 3 aromatic rings. The lowest BCUT2D eigenvalue weighted by Gasteiger charge is -2.16. The predicted octanol–water partition coefficient (Wildman–Crippen LogP) is 3.54. The van der Waals surface area contributed by atoms with E-state index < -0.39 is 11.9 Å². The molecule has 27 heavy (non-hydrogen) atoms. The van der Waals surface area contributed by atoms with Crippen LogP contribution in [0.3, 0.4) is 0 Å². The average molecular weight is 362 g/mol. The Morgan fingerprint density at radius 2 is 1.93 bits per heavy atom. The summed E-state index contributed by atoms with van der Waals surface area (Å²) in [6.45, 7) is 1.87. The number of hydrogen-bond donors (Lipinski definition) is 1. The normalized spacial score (nSPS) is 20.0. The monoisotopic (exact) mass is 362 g/mol. The van der Waals surface area contributed by atoms with Crippen LogP contribution in [0, 0.1) is 5.92 Å². The quantitative estimate of drug-likeness (QED) is 0.752. The van der Waals surface area contributed by atoms with Gasteiger partial charge in [0.1, 0.15) is 11.3 Å². The maximum Gasteiger partial charge on any atom is 0.308 e. The van der Waals surface area contributed by atoms with Gasteiger partial charge < -0.3 is 9.84 Å². The molecule has 0 unspecified atom stereocenters. The Kier molecular flexibility index (Phi) is 4.77. The maximum absolute atomic E-state index is 11.8. The molecule has 2 aromatic carbocycles. The van der Waals surface area contributed by atoms with E-state index in [-0.39, 0.29) is 5.92 Å². The van der Waals surface area contributed by atoms with E-state index in [0.29, 0.717) is 19.6 Å². The summed E-state index contributed by atoms with van der Waals surface area (Å²) in [5.74, 6) is -0.387. The summed E-state index contributed by atoms with van der Waals surface area (Å²) in [6.07, 6.45) is 0. The molecule has 2 atom stereocenters. The van der Waals surface area contributed by atoms with Gasteiger partial charge in [-0.3, -0.25) is 9.69 Å². The zero-order valence-electron chi connectivity index (χ0n) is 15.2. The Hall–Kier alpha value is -2.92. The number of hydrogen-bond acceptors (Lipinski definition) is 4. The van der Waals surface area contributed by atoms with Crippen LogP contribution >= 0.6 is 0 Å². The molecule has 5 nitrogen and oxygen atoms in total. The lowest BCUT2D eigenvalue weighted by atomic mass is 9.89. The Labute approximate surface area is 158 Å². The van der Waals surface area contributed by atoms with Gasteiger partial charge in [-0.15, -0.1) is 0 Å². The number of carbonyl (C=O) groups is 1. The highest BCUT2D eigenvalue weighted by Gasteiger charge is 2.38. The molecule has 2 heterocycles. The molecule has 0 saturated carbocycles. The molecule has 138 valence electrons. The van der Waals surface area contributed by atoms with Gasteiger partial charge in [-0.05, 0) is 17.7 Å². The second-order valence-electron chi connectivity index (χ2n) is 6.99. The number of fused-ring (bicyclic) bond motifs is 1. The fourth-order valence-electron chi connectivity index (χ4n) is 3.94. The first-order valence-corrected chi connectivity index (χ1v) is 9.08. The molecule has 5 heteroatoms. The molecule has 1 aliphatic heterocycles. The van der Waals surface area contributed by atoms with Crippen molar-refractivity contribution in [2.24, 2.45) is 5.92 Å². The zero-order valence-corrected chi connectivity index (χ0v) is 15.2. The smallest absolute Gasteiger partial charge is 0.308 e. The van der Waals surface area contributed by atoms with Crippen molar-refractivity contribution in [3.05, 3.63) is 71.9 Å². The minimum Gasteiger partial charge on any atom is -0.494 e. The number of methoxy groups -OCH3 is 1. The molecule has 1 N–H and O–H groups in total. The van der Waals surface area contributed by atoms with Crippen LogP contribution in [-0.2, 0) is 11.3 Å². The van der Waals surface area contributed by atoms with Crippen molar-refractivity contribution in [3.63, 3.8) is 0 Å². The highest BCUT2D eigenvalue weighted by Crippen LogP contribution is 2.34. The predicted molar refractivity (Wildman–Crippen MR) is 104 cm³/mol. The van der Waals surface area contributed by atoms with E-state index >= 15 is 0 Å². The standard InChI is InChI=1S/C22H22N2O3/c1-27-20-9-5-8-16-10-11-17(23-21(16)20)12-24-13-18(19(14-24)22(25)26)15-6-3-2-4-7-15/h2-11,18-19H,12-14H2,1H3,(H,25,26)/t18-,19+/m1/s1. The topological polar surface area (TPSA) is 62.7 Å². The van der Waals surface area contributed by atoms with Crippen LogP contribution in [0.5, 0.6) is 5.75 Å². The van der Waals surface area contributed by atoms with E-state index in [4.69, 9.17) is 9.72 Å². The Bertz CT molecular complexity index is 958. The van der Waals surface area contributed by atoms with Crippen LogP contribution in [-0.4, -0.2) is 41.2 Å². The Morgan fingerprint density at radius 1 is 1.11 bits per heavy atom. The van der Waals surface area contributed by atoms with Crippen molar-refractivity contribution in [2.45, 2.75) is 12.5 Å². The molecule has 0 spiro atoms. The number of aliphatic carboxylic acids is 1. The average Bonchev–Trinajstić information content (AvgIpc) is 3.12. The second kappa shape index (κ2) is 7.37. The van der Waals surface area contributed by atoms with Crippen LogP contribution in [0.2, 0.25) is 0 Å². The van der Waals surface area contributed by atoms with E-state index in [2.05, 4.69) is 4.90 Å². The third-order valence-corrected chi connectivity index (χ3v) is 5.29. The van der Waals surface area contributed by atoms with Crippen LogP contribution in [0.1, 0.15) is 17.2 Å². The fourth-order valence-corrected chi connectivity index (χ4v) is 3.94. The number of benzene rings is 2. The molecule has 0 radical (unpaired) electrons. The molecule has 0 aliphatic carbocycles. The fraction of sp³-hybridized carbons (Fsp3) is 0.273. The summed E-state index contributed by atoms with van der Waals surface area (Å²) in [6, 6.07) is 19.8. The van der Waals surface area contributed by atoms with Crippen molar-refractivity contribution in [1.29, 1.82) is 0 Å². The summed E-state index contributed by atoms with van der Waals surface area (Å²) in [7, 11) is 1.64. The second-order valence-corrected chi connectivity index (χ2v) is 6.99. The summed E-state index contributed by atoms with van der Waals surface area (Å²) in [5, 5.41) is 10.7. The van der Waals surface area contributed by atoms with Gasteiger partial charge in [0.25, 0.3) is 0 Å². The number of pyridine rings is 1. The largest absolute Gasteiger partial charge is 0.494 e. The van der Waals surface area contributed by atoms with E-state index in [1.54, 1.807) is 7.11 Å². The number of rotatable bonds is 5. The Balaban J connectivity index is 1.58. The third-order valence-electron chi connectivity index (χ3n) is 5.29. The number of likely N-dealkylation sites (tertiary alicyclic amines) is 1. The molecular formula is C22H22N2O3. The van der Waals surface area contributed by atoms with Crippen molar-refractivity contribution in [3.8, 4) is 5.75 Å². The molecule has 1 aromatic heterocycles. The van der Waals surface area contributed by atoms with Crippen LogP contribution in [0.4, 0.5) is 0 Å². The van der Waals surface area contributed by atoms with E-state index in [1.807, 2.05) is 60.7 Å². The van der Waals surface area contributed by atoms with Gasteiger partial charge in [0, 0.05) is 30.9 Å². The lowest BCUT2D eigenvalue weighted by Crippen LogP contribution is -2.23. The number of nitrogens with zero attached hydrogens (tertiary/aromatic N) is 2. The van der Waals surface area contributed by atoms with Crippen molar-refractivity contribution >= 4 is 16.9 Å². The SMILES string of the molecule is COc1cccc2ccc(CN3C[C@H](C(=O)O)[C@@H](c4ccccc4)C3)nc12. The van der Waals surface area contributed by atoms with E-state index in [1.165, 1.54) is 0 Å². The summed E-state index contributed by atoms with van der Waals surface area (Å²) in [5.41, 5.74) is 2.84. The first-order chi connectivity index (χ1) is 13.2. The number of aromatic nitrogens is 1. The number of carboxylic acids is 1. The van der Waals surface area contributed by atoms with Gasteiger partial charge >= 0.3 is 5.97 Å². The van der Waals surface area contributed by atoms with E-state index in [9.17, 15) is 9.90 Å². The molecule has 4 rings (SSSR count). The van der Waals surface area contributed by atoms with Crippen LogP contribution in [0.25, 0.3) is 10.9 Å². The highest BCUT2D eigenvalue weighted by molar-refractivity contribution is 5.84. The summed E-state index contributed by atoms with van der Waals surface area (Å²) < 4.78 is 5.42. The first-order valence-electron chi connectivity index (χ1n) is 9.08. The van der Waals surface area contributed by atoms with Gasteiger partial charge in [-0.25, -0.2) is 4.98 Å². The van der Waals surface area contributed by atoms with Crippen molar-refractivity contribution in [1.82, 2.24) is 9.88 Å². The molecule has 0 bridgehead atoms. The van der Waals surface area contributed by atoms with Gasteiger partial charge in [-0.1, -0.05) is 48.5 Å².